The van der Waals surface area contributed by atoms with Crippen LogP contribution < -0.4 is 10.9 Å². The van der Waals surface area contributed by atoms with E-state index in [2.05, 4.69) is 14.7 Å². The third-order valence-corrected chi connectivity index (χ3v) is 7.05. The van der Waals surface area contributed by atoms with Crippen molar-refractivity contribution in [2.45, 2.75) is 11.4 Å². The zero-order chi connectivity index (χ0) is 20.9. The van der Waals surface area contributed by atoms with Gasteiger partial charge in [-0.1, -0.05) is 12.1 Å². The molecule has 0 aliphatic carbocycles. The molecule has 150 valence electrons. The molecule has 0 spiro atoms. The molecule has 5 rings (SSSR count). The predicted molar refractivity (Wildman–Crippen MR) is 115 cm³/mol. The minimum atomic E-state index is -4.02. The van der Waals surface area contributed by atoms with Gasteiger partial charge in [-0.2, -0.15) is 8.42 Å². The molecule has 0 bridgehead atoms. The third-order valence-electron chi connectivity index (χ3n) is 4.80. The van der Waals surface area contributed by atoms with Crippen molar-refractivity contribution >= 4 is 43.1 Å². The largest absolute Gasteiger partial charge is 0.505 e. The van der Waals surface area contributed by atoms with E-state index < -0.39 is 15.6 Å². The van der Waals surface area contributed by atoms with Gasteiger partial charge in [0, 0.05) is 12.4 Å². The van der Waals surface area contributed by atoms with Crippen LogP contribution in [0.1, 0.15) is 11.1 Å². The van der Waals surface area contributed by atoms with Crippen LogP contribution >= 0.6 is 11.3 Å². The number of benzene rings is 1. The van der Waals surface area contributed by atoms with E-state index in [0.29, 0.717) is 15.9 Å². The first kappa shape index (κ1) is 18.5. The van der Waals surface area contributed by atoms with Gasteiger partial charge in [-0.3, -0.25) is 9.78 Å². The van der Waals surface area contributed by atoms with E-state index in [0.717, 1.165) is 5.56 Å². The number of sulfonamides is 1. The maximum Gasteiger partial charge on any atom is 0.286 e. The number of pyridine rings is 2. The first-order valence-electron chi connectivity index (χ1n) is 8.89. The summed E-state index contributed by atoms with van der Waals surface area (Å²) in [6.07, 6.45) is 3.26. The molecule has 1 aliphatic rings. The second kappa shape index (κ2) is 6.78. The van der Waals surface area contributed by atoms with Crippen LogP contribution in [0.5, 0.6) is 5.75 Å². The smallest absolute Gasteiger partial charge is 0.286 e. The Morgan fingerprint density at radius 1 is 1.10 bits per heavy atom. The minimum Gasteiger partial charge on any atom is -0.505 e. The number of amidine groups is 1. The van der Waals surface area contributed by atoms with E-state index in [1.54, 1.807) is 54.2 Å². The molecule has 3 aromatic heterocycles. The van der Waals surface area contributed by atoms with Crippen molar-refractivity contribution in [3.63, 3.8) is 0 Å². The molecule has 0 fully saturated rings. The molecule has 0 saturated carbocycles. The summed E-state index contributed by atoms with van der Waals surface area (Å²) in [6.45, 7) is 0.235. The lowest BCUT2D eigenvalue weighted by atomic mass is 10.1. The quantitative estimate of drug-likeness (QED) is 0.508. The van der Waals surface area contributed by atoms with Crippen molar-refractivity contribution in [3.8, 4) is 5.75 Å². The summed E-state index contributed by atoms with van der Waals surface area (Å²) in [6, 6.07) is 11.6. The van der Waals surface area contributed by atoms with E-state index in [1.807, 2.05) is 0 Å². The molecule has 1 aromatic carbocycles. The molecule has 10 heteroatoms. The maximum absolute atomic E-state index is 13.4. The van der Waals surface area contributed by atoms with Gasteiger partial charge in [0.2, 0.25) is 0 Å². The lowest BCUT2D eigenvalue weighted by molar-refractivity contribution is 0.479. The summed E-state index contributed by atoms with van der Waals surface area (Å²) in [5, 5.41) is 15.5. The fourth-order valence-electron chi connectivity index (χ4n) is 3.42. The molecule has 8 nitrogen and oxygen atoms in total. The zero-order valence-corrected chi connectivity index (χ0v) is 16.9. The van der Waals surface area contributed by atoms with Gasteiger partial charge in [-0.25, -0.2) is 0 Å². The fraction of sp³-hybridized carbons (Fsp3) is 0.0500. The topological polar surface area (TPSA) is 114 Å². The van der Waals surface area contributed by atoms with Crippen molar-refractivity contribution in [3.05, 3.63) is 81.7 Å². The van der Waals surface area contributed by atoms with Crippen molar-refractivity contribution in [1.29, 1.82) is 0 Å². The minimum absolute atomic E-state index is 0.0163. The highest BCUT2D eigenvalue weighted by molar-refractivity contribution is 7.90. The van der Waals surface area contributed by atoms with Crippen LogP contribution in [-0.2, 0) is 16.6 Å². The predicted octanol–water partition coefficient (Wildman–Crippen LogP) is 2.77. The van der Waals surface area contributed by atoms with Gasteiger partial charge in [-0.15, -0.1) is 15.7 Å². The monoisotopic (exact) mass is 438 g/mol. The summed E-state index contributed by atoms with van der Waals surface area (Å²) in [7, 11) is -4.02. The highest BCUT2D eigenvalue weighted by Gasteiger charge is 2.29. The SMILES string of the molecule is O=c1c(C2=NS(=O)(=O)c3ccccc3N2)c(O)c2sccc2n1Cc1ccncc1. The molecule has 0 atom stereocenters. The number of rotatable bonds is 3. The van der Waals surface area contributed by atoms with Crippen LogP contribution in [0.4, 0.5) is 5.69 Å². The summed E-state index contributed by atoms with van der Waals surface area (Å²) in [4.78, 5) is 17.4. The molecule has 0 unspecified atom stereocenters. The first-order chi connectivity index (χ1) is 14.5. The van der Waals surface area contributed by atoms with Crippen LogP contribution in [0.25, 0.3) is 10.2 Å². The van der Waals surface area contributed by atoms with E-state index in [1.165, 1.54) is 22.0 Å². The van der Waals surface area contributed by atoms with Gasteiger partial charge in [0.15, 0.2) is 11.6 Å². The Balaban J connectivity index is 1.75. The van der Waals surface area contributed by atoms with Crippen LogP contribution in [0.2, 0.25) is 0 Å². The van der Waals surface area contributed by atoms with E-state index >= 15 is 0 Å². The molecular formula is C20H14N4O4S2. The Morgan fingerprint density at radius 3 is 2.67 bits per heavy atom. The van der Waals surface area contributed by atoms with Crippen LogP contribution in [0.3, 0.4) is 0 Å². The molecule has 0 radical (unpaired) electrons. The number of anilines is 1. The molecule has 0 amide bonds. The zero-order valence-electron chi connectivity index (χ0n) is 15.3. The number of nitrogens with zero attached hydrogens (tertiary/aromatic N) is 3. The van der Waals surface area contributed by atoms with Gasteiger partial charge in [0.05, 0.1) is 22.4 Å². The lowest BCUT2D eigenvalue weighted by Gasteiger charge is -2.19. The fourth-order valence-corrected chi connectivity index (χ4v) is 5.38. The van der Waals surface area contributed by atoms with Crippen LogP contribution in [0.15, 0.2) is 74.3 Å². The van der Waals surface area contributed by atoms with Crippen LogP contribution in [0, 0.1) is 0 Å². The number of para-hydroxylation sites is 1. The first-order valence-corrected chi connectivity index (χ1v) is 11.2. The molecule has 2 N–H and O–H groups in total. The van der Waals surface area contributed by atoms with Crippen molar-refractivity contribution in [1.82, 2.24) is 9.55 Å². The second-order valence-electron chi connectivity index (χ2n) is 6.64. The number of hydrogen-bond donors (Lipinski definition) is 2. The lowest BCUT2D eigenvalue weighted by Crippen LogP contribution is -2.32. The van der Waals surface area contributed by atoms with Crippen molar-refractivity contribution in [2.75, 3.05) is 5.32 Å². The third kappa shape index (κ3) is 2.88. The van der Waals surface area contributed by atoms with E-state index in [-0.39, 0.29) is 28.6 Å². The van der Waals surface area contributed by atoms with E-state index in [9.17, 15) is 18.3 Å². The number of thiophene rings is 1. The Labute approximate surface area is 174 Å². The Bertz CT molecular complexity index is 1490. The molecule has 4 heterocycles. The van der Waals surface area contributed by atoms with Gasteiger partial charge in [-0.05, 0) is 41.3 Å². The summed E-state index contributed by atoms with van der Waals surface area (Å²) in [5.41, 5.74) is 0.969. The van der Waals surface area contributed by atoms with Crippen LogP contribution in [-0.4, -0.2) is 28.9 Å². The summed E-state index contributed by atoms with van der Waals surface area (Å²) in [5.74, 6) is -0.494. The molecular weight excluding hydrogens is 424 g/mol. The number of aromatic hydroxyl groups is 1. The van der Waals surface area contributed by atoms with Crippen molar-refractivity contribution in [2.24, 2.45) is 4.40 Å². The summed E-state index contributed by atoms with van der Waals surface area (Å²) < 4.78 is 31.0. The maximum atomic E-state index is 13.4. The van der Waals surface area contributed by atoms with Gasteiger partial charge < -0.3 is 15.0 Å². The highest BCUT2D eigenvalue weighted by Crippen LogP contribution is 2.34. The standard InChI is InChI=1S/C20H14N4O4S2/c25-17-16(19-22-13-3-1-2-4-15(13)30(27,28)23-19)20(26)24(14-7-10-29-18(14)17)11-12-5-8-21-9-6-12/h1-10,25H,11H2,(H,22,23). The molecule has 4 aromatic rings. The average Bonchev–Trinajstić information content (AvgIpc) is 3.22. The number of nitrogens with one attached hydrogen (secondary N) is 1. The molecule has 1 aliphatic heterocycles. The normalized spacial score (nSPS) is 14.7. The number of hydrogen-bond acceptors (Lipinski definition) is 7. The summed E-state index contributed by atoms with van der Waals surface area (Å²) >= 11 is 1.26. The average molecular weight is 438 g/mol. The van der Waals surface area contributed by atoms with Gasteiger partial charge in [0.25, 0.3) is 15.6 Å². The number of fused-ring (bicyclic) bond motifs is 2. The Kier molecular flexibility index (Phi) is 4.19. The molecule has 0 saturated heterocycles. The molecule has 30 heavy (non-hydrogen) atoms. The second-order valence-corrected chi connectivity index (χ2v) is 9.13. The Hall–Kier alpha value is -3.50. The van der Waals surface area contributed by atoms with Gasteiger partial charge >= 0.3 is 0 Å². The van der Waals surface area contributed by atoms with Crippen molar-refractivity contribution < 1.29 is 13.5 Å². The Morgan fingerprint density at radius 2 is 1.87 bits per heavy atom. The van der Waals surface area contributed by atoms with Gasteiger partial charge in [0.1, 0.15) is 10.5 Å². The van der Waals surface area contributed by atoms with E-state index in [4.69, 9.17) is 0 Å². The highest BCUT2D eigenvalue weighted by atomic mass is 32.2. The number of aromatic nitrogens is 2.